The second-order valence-corrected chi connectivity index (χ2v) is 15.0. The van der Waals surface area contributed by atoms with Crippen LogP contribution in [0.25, 0.3) is 0 Å². The van der Waals surface area contributed by atoms with E-state index in [2.05, 4.69) is 48.5 Å². The Kier molecular flexibility index (Phi) is 5.34. The van der Waals surface area contributed by atoms with Crippen LogP contribution in [0.1, 0.15) is 119 Å². The van der Waals surface area contributed by atoms with Gasteiger partial charge in [-0.2, -0.15) is 0 Å². The summed E-state index contributed by atoms with van der Waals surface area (Å²) in [6.07, 6.45) is 13.6. The largest absolute Gasteiger partial charge is 0.393 e. The second kappa shape index (κ2) is 7.22. The van der Waals surface area contributed by atoms with Crippen LogP contribution < -0.4 is 0 Å². The quantitative estimate of drug-likeness (QED) is 0.470. The van der Waals surface area contributed by atoms with Crippen molar-refractivity contribution in [3.63, 3.8) is 0 Å². The molecule has 5 aliphatic rings. The summed E-state index contributed by atoms with van der Waals surface area (Å²) in [7, 11) is 0. The number of rotatable bonds is 5. The molecule has 2 heteroatoms. The summed E-state index contributed by atoms with van der Waals surface area (Å²) in [5.41, 5.74) is 1.36. The van der Waals surface area contributed by atoms with Crippen LogP contribution in [0.4, 0.5) is 0 Å². The molecule has 0 aromatic rings. The first-order valence-corrected chi connectivity index (χ1v) is 14.2. The summed E-state index contributed by atoms with van der Waals surface area (Å²) in [6, 6.07) is 0. The first-order valence-electron chi connectivity index (χ1n) is 14.2. The van der Waals surface area contributed by atoms with E-state index in [-0.39, 0.29) is 23.0 Å². The number of aliphatic hydroxyl groups excluding tert-OH is 2. The molecule has 0 saturated heterocycles. The maximum atomic E-state index is 11.8. The van der Waals surface area contributed by atoms with Gasteiger partial charge in [-0.3, -0.25) is 0 Å². The van der Waals surface area contributed by atoms with Crippen molar-refractivity contribution in [3.8, 4) is 0 Å². The highest BCUT2D eigenvalue weighted by atomic mass is 16.3. The Labute approximate surface area is 198 Å². The van der Waals surface area contributed by atoms with Crippen molar-refractivity contribution < 1.29 is 10.2 Å². The van der Waals surface area contributed by atoms with Crippen LogP contribution in [0.15, 0.2) is 0 Å². The summed E-state index contributed by atoms with van der Waals surface area (Å²) < 4.78 is 0. The van der Waals surface area contributed by atoms with E-state index in [0.29, 0.717) is 28.1 Å². The van der Waals surface area contributed by atoms with E-state index < -0.39 is 0 Å². The molecule has 2 unspecified atom stereocenters. The van der Waals surface area contributed by atoms with Crippen LogP contribution in [-0.4, -0.2) is 22.4 Å². The minimum atomic E-state index is -0.202. The smallest absolute Gasteiger partial charge is 0.0594 e. The Balaban J connectivity index is 1.43. The number of hydrogen-bond acceptors (Lipinski definition) is 2. The maximum Gasteiger partial charge on any atom is 0.0594 e. The molecule has 10 atom stereocenters. The van der Waals surface area contributed by atoms with E-state index in [1.165, 1.54) is 57.8 Å². The fraction of sp³-hybridized carbons (Fsp3) is 1.00. The lowest BCUT2D eigenvalue weighted by atomic mass is 9.41. The molecule has 0 aromatic heterocycles. The molecule has 0 aromatic carbocycles. The first-order chi connectivity index (χ1) is 14.9. The molecule has 0 radical (unpaired) electrons. The van der Waals surface area contributed by atoms with Gasteiger partial charge >= 0.3 is 0 Å². The average Bonchev–Trinajstić information content (AvgIpc) is 3.26. The summed E-state index contributed by atoms with van der Waals surface area (Å²) in [5, 5.41) is 22.7. The Hall–Kier alpha value is -0.0800. The van der Waals surface area contributed by atoms with Crippen molar-refractivity contribution in [2.45, 2.75) is 131 Å². The molecule has 0 amide bonds. The van der Waals surface area contributed by atoms with Gasteiger partial charge in [-0.25, -0.2) is 0 Å². The Morgan fingerprint density at radius 3 is 2.22 bits per heavy atom. The predicted molar refractivity (Wildman–Crippen MR) is 132 cm³/mol. The molecule has 184 valence electrons. The van der Waals surface area contributed by atoms with Crippen molar-refractivity contribution >= 4 is 0 Å². The summed E-state index contributed by atoms with van der Waals surface area (Å²) in [4.78, 5) is 0. The van der Waals surface area contributed by atoms with E-state index in [9.17, 15) is 10.2 Å². The van der Waals surface area contributed by atoms with Crippen LogP contribution in [0.3, 0.4) is 0 Å². The molecule has 5 rings (SSSR count). The van der Waals surface area contributed by atoms with Gasteiger partial charge in [0.15, 0.2) is 0 Å². The van der Waals surface area contributed by atoms with Crippen molar-refractivity contribution in [1.82, 2.24) is 0 Å². The Morgan fingerprint density at radius 1 is 0.812 bits per heavy atom. The van der Waals surface area contributed by atoms with E-state index in [1.54, 1.807) is 0 Å². The molecular formula is C30H52O2. The fourth-order valence-electron chi connectivity index (χ4n) is 11.3. The van der Waals surface area contributed by atoms with Crippen LogP contribution in [0, 0.1) is 56.7 Å². The number of aliphatic hydroxyl groups is 2. The SMILES string of the molecule is CC(C)CCC[C@@H](C)[C@H]1CC[C@@]2(C)[C@@H]3C(O)C[C@H]4C(C)(C)C(O)CC[C@@]45C[C@]35CC[C@]12C. The maximum absolute atomic E-state index is 11.8. The highest BCUT2D eigenvalue weighted by Gasteiger charge is 2.83. The van der Waals surface area contributed by atoms with Gasteiger partial charge in [-0.05, 0) is 108 Å². The third-order valence-corrected chi connectivity index (χ3v) is 13.2. The lowest BCUT2D eigenvalue weighted by Gasteiger charge is -2.64. The van der Waals surface area contributed by atoms with Gasteiger partial charge < -0.3 is 10.2 Å². The zero-order valence-corrected chi connectivity index (χ0v) is 22.2. The summed E-state index contributed by atoms with van der Waals surface area (Å²) in [6.45, 7) is 17.1. The van der Waals surface area contributed by atoms with Crippen molar-refractivity contribution in [2.75, 3.05) is 0 Å². The predicted octanol–water partition coefficient (Wildman–Crippen LogP) is 7.22. The van der Waals surface area contributed by atoms with Crippen LogP contribution in [0.2, 0.25) is 0 Å². The highest BCUT2D eigenvalue weighted by molar-refractivity contribution is 5.32. The average molecular weight is 445 g/mol. The molecule has 0 heterocycles. The van der Waals surface area contributed by atoms with Crippen molar-refractivity contribution in [1.29, 1.82) is 0 Å². The van der Waals surface area contributed by atoms with Crippen LogP contribution in [-0.2, 0) is 0 Å². The van der Waals surface area contributed by atoms with Gasteiger partial charge in [0.2, 0.25) is 0 Å². The molecule has 2 N–H and O–H groups in total. The van der Waals surface area contributed by atoms with Gasteiger partial charge in [0.25, 0.3) is 0 Å². The third kappa shape index (κ3) is 2.78. The van der Waals surface area contributed by atoms with Crippen LogP contribution in [0.5, 0.6) is 0 Å². The topological polar surface area (TPSA) is 40.5 Å². The standard InChI is InChI=1S/C30H52O2/c1-19(2)9-8-10-20(3)21-11-13-28(7)25-22(31)17-23-26(4,5)24(32)12-14-29(23)18-30(25,29)16-15-27(21,28)6/h19-25,31-32H,8-18H2,1-7H3/t20-,21-,22?,23+,24?,25+,27-,28+,29-,30-/m1/s1. The number of hydrogen-bond donors (Lipinski definition) is 2. The van der Waals surface area contributed by atoms with E-state index in [0.717, 1.165) is 30.6 Å². The number of fused-ring (bicyclic) bond motifs is 2. The lowest BCUT2D eigenvalue weighted by Crippen LogP contribution is -2.61. The Morgan fingerprint density at radius 2 is 1.53 bits per heavy atom. The lowest BCUT2D eigenvalue weighted by molar-refractivity contribution is -0.201. The minimum Gasteiger partial charge on any atom is -0.393 e. The van der Waals surface area contributed by atoms with Crippen molar-refractivity contribution in [3.05, 3.63) is 0 Å². The molecule has 0 aliphatic heterocycles. The van der Waals surface area contributed by atoms with Gasteiger partial charge in [0.1, 0.15) is 0 Å². The highest BCUT2D eigenvalue weighted by Crippen LogP contribution is 2.89. The zero-order valence-electron chi connectivity index (χ0n) is 22.2. The fourth-order valence-corrected chi connectivity index (χ4v) is 11.3. The zero-order chi connectivity index (χ0) is 23.3. The summed E-state index contributed by atoms with van der Waals surface area (Å²) in [5.74, 6) is 3.41. The van der Waals surface area contributed by atoms with E-state index in [1.807, 2.05) is 0 Å². The normalized spacial score (nSPS) is 54.4. The van der Waals surface area contributed by atoms with E-state index in [4.69, 9.17) is 0 Å². The molecule has 5 saturated carbocycles. The van der Waals surface area contributed by atoms with Crippen molar-refractivity contribution in [2.24, 2.45) is 56.7 Å². The third-order valence-electron chi connectivity index (χ3n) is 13.2. The minimum absolute atomic E-state index is 0.0570. The molecule has 2 nitrogen and oxygen atoms in total. The molecule has 5 fully saturated rings. The molecule has 2 spiro atoms. The molecular weight excluding hydrogens is 392 g/mol. The molecule has 32 heavy (non-hydrogen) atoms. The second-order valence-electron chi connectivity index (χ2n) is 15.0. The molecule has 0 bridgehead atoms. The Bertz CT molecular complexity index is 743. The molecule has 5 aliphatic carbocycles. The van der Waals surface area contributed by atoms with Gasteiger partial charge in [-0.15, -0.1) is 0 Å². The monoisotopic (exact) mass is 444 g/mol. The summed E-state index contributed by atoms with van der Waals surface area (Å²) >= 11 is 0. The van der Waals surface area contributed by atoms with Gasteiger partial charge in [-0.1, -0.05) is 67.7 Å². The van der Waals surface area contributed by atoms with Gasteiger partial charge in [0.05, 0.1) is 12.2 Å². The van der Waals surface area contributed by atoms with E-state index >= 15 is 0 Å². The first kappa shape index (κ1) is 23.7. The van der Waals surface area contributed by atoms with Crippen LogP contribution >= 0.6 is 0 Å². The van der Waals surface area contributed by atoms with Gasteiger partial charge in [0, 0.05) is 0 Å².